The Morgan fingerprint density at radius 2 is 2.19 bits per heavy atom. The van der Waals surface area contributed by atoms with Crippen LogP contribution in [0.15, 0.2) is 24.3 Å². The van der Waals surface area contributed by atoms with Crippen molar-refractivity contribution in [3.63, 3.8) is 0 Å². The number of alkyl carbamates (subject to hydrolysis) is 1. The molecule has 2 rings (SSSR count). The summed E-state index contributed by atoms with van der Waals surface area (Å²) < 4.78 is 15.6. The highest BCUT2D eigenvalue weighted by molar-refractivity contribution is 5.69. The van der Waals surface area contributed by atoms with E-state index in [0.717, 1.165) is 0 Å². The van der Waals surface area contributed by atoms with E-state index in [1.165, 1.54) is 0 Å². The molecule has 0 spiro atoms. The first-order valence-electron chi connectivity index (χ1n) is 5.00. The van der Waals surface area contributed by atoms with E-state index in [9.17, 15) is 4.79 Å². The second kappa shape index (κ2) is 4.74. The van der Waals surface area contributed by atoms with E-state index < -0.39 is 6.09 Å². The molecule has 5 heteroatoms. The maximum atomic E-state index is 10.8. The van der Waals surface area contributed by atoms with Crippen LogP contribution >= 0.6 is 0 Å². The van der Waals surface area contributed by atoms with E-state index in [0.29, 0.717) is 24.7 Å². The third kappa shape index (κ3) is 2.36. The quantitative estimate of drug-likeness (QED) is 0.832. The molecule has 1 heterocycles. The standard InChI is InChI=1S/C11H13NO4/c1-14-9-4-2-3-5-10(9)15-7-8-6-12-11(13)16-8/h2-5,8H,6-7H2,1H3,(H,12,13). The largest absolute Gasteiger partial charge is 0.493 e. The fourth-order valence-electron chi connectivity index (χ4n) is 1.45. The number of rotatable bonds is 4. The highest BCUT2D eigenvalue weighted by Crippen LogP contribution is 2.25. The summed E-state index contributed by atoms with van der Waals surface area (Å²) >= 11 is 0. The number of hydrogen-bond acceptors (Lipinski definition) is 4. The lowest BCUT2D eigenvalue weighted by Gasteiger charge is -2.12. The zero-order chi connectivity index (χ0) is 11.4. The first-order chi connectivity index (χ1) is 7.79. The molecule has 0 saturated carbocycles. The second-order valence-corrected chi connectivity index (χ2v) is 3.37. The molecule has 0 aromatic heterocycles. The molecule has 1 saturated heterocycles. The lowest BCUT2D eigenvalue weighted by Crippen LogP contribution is -2.22. The number of carbonyl (C=O) groups excluding carboxylic acids is 1. The molecular formula is C11H13NO4. The van der Waals surface area contributed by atoms with Crippen LogP contribution in [0.1, 0.15) is 0 Å². The Bertz CT molecular complexity index is 380. The lowest BCUT2D eigenvalue weighted by atomic mass is 10.3. The molecule has 5 nitrogen and oxygen atoms in total. The molecule has 1 aliphatic rings. The summed E-state index contributed by atoms with van der Waals surface area (Å²) in [6.07, 6.45) is -0.633. The first kappa shape index (κ1) is 10.6. The number of hydrogen-bond donors (Lipinski definition) is 1. The minimum absolute atomic E-state index is 0.239. The number of para-hydroxylation sites is 2. The molecule has 0 bridgehead atoms. The van der Waals surface area contributed by atoms with Crippen LogP contribution in [-0.2, 0) is 4.74 Å². The van der Waals surface area contributed by atoms with Gasteiger partial charge in [0.15, 0.2) is 17.6 Å². The Hall–Kier alpha value is -1.91. The number of nitrogens with one attached hydrogen (secondary N) is 1. The van der Waals surface area contributed by atoms with E-state index in [2.05, 4.69) is 5.32 Å². The van der Waals surface area contributed by atoms with Gasteiger partial charge in [-0.3, -0.25) is 0 Å². The van der Waals surface area contributed by atoms with Gasteiger partial charge in [0.1, 0.15) is 6.61 Å². The number of benzene rings is 1. The predicted octanol–water partition coefficient (Wildman–Crippen LogP) is 1.18. The molecule has 86 valence electrons. The van der Waals surface area contributed by atoms with Crippen molar-refractivity contribution in [2.24, 2.45) is 0 Å². The zero-order valence-electron chi connectivity index (χ0n) is 8.93. The fraction of sp³-hybridized carbons (Fsp3) is 0.364. The minimum atomic E-state index is -0.395. The van der Waals surface area contributed by atoms with Gasteiger partial charge in [-0.15, -0.1) is 0 Å². The molecule has 1 aromatic rings. The number of methoxy groups -OCH3 is 1. The van der Waals surface area contributed by atoms with Gasteiger partial charge in [-0.05, 0) is 12.1 Å². The van der Waals surface area contributed by atoms with Crippen LogP contribution < -0.4 is 14.8 Å². The van der Waals surface area contributed by atoms with Gasteiger partial charge in [0.05, 0.1) is 13.7 Å². The Kier molecular flexibility index (Phi) is 3.14. The van der Waals surface area contributed by atoms with Crippen molar-refractivity contribution in [2.75, 3.05) is 20.3 Å². The summed E-state index contributed by atoms with van der Waals surface area (Å²) in [6, 6.07) is 7.34. The van der Waals surface area contributed by atoms with Crippen LogP contribution in [-0.4, -0.2) is 32.5 Å². The van der Waals surface area contributed by atoms with Crippen molar-refractivity contribution in [1.82, 2.24) is 5.32 Å². The summed E-state index contributed by atoms with van der Waals surface area (Å²) in [5.74, 6) is 1.31. The molecule has 1 fully saturated rings. The predicted molar refractivity (Wildman–Crippen MR) is 56.8 cm³/mol. The number of cyclic esters (lactones) is 1. The molecule has 1 atom stereocenters. The summed E-state index contributed by atoms with van der Waals surface area (Å²) in [7, 11) is 1.58. The molecule has 16 heavy (non-hydrogen) atoms. The van der Waals surface area contributed by atoms with E-state index >= 15 is 0 Å². The van der Waals surface area contributed by atoms with Crippen molar-refractivity contribution in [2.45, 2.75) is 6.10 Å². The van der Waals surface area contributed by atoms with Gasteiger partial charge in [0.2, 0.25) is 0 Å². The van der Waals surface area contributed by atoms with Gasteiger partial charge in [-0.25, -0.2) is 4.79 Å². The van der Waals surface area contributed by atoms with Crippen LogP contribution in [0.3, 0.4) is 0 Å². The topological polar surface area (TPSA) is 56.8 Å². The maximum Gasteiger partial charge on any atom is 0.407 e. The number of carbonyl (C=O) groups is 1. The first-order valence-corrected chi connectivity index (χ1v) is 5.00. The zero-order valence-corrected chi connectivity index (χ0v) is 8.93. The van der Waals surface area contributed by atoms with Crippen LogP contribution in [0.5, 0.6) is 11.5 Å². The molecule has 1 aliphatic heterocycles. The second-order valence-electron chi connectivity index (χ2n) is 3.37. The van der Waals surface area contributed by atoms with E-state index in [-0.39, 0.29) is 6.10 Å². The summed E-state index contributed by atoms with van der Waals surface area (Å²) in [6.45, 7) is 0.799. The molecule has 1 amide bonds. The van der Waals surface area contributed by atoms with Crippen molar-refractivity contribution >= 4 is 6.09 Å². The maximum absolute atomic E-state index is 10.8. The summed E-state index contributed by atoms with van der Waals surface area (Å²) in [5, 5.41) is 2.56. The smallest absolute Gasteiger partial charge is 0.407 e. The van der Waals surface area contributed by atoms with Crippen LogP contribution in [0, 0.1) is 0 Å². The van der Waals surface area contributed by atoms with Crippen LogP contribution in [0.25, 0.3) is 0 Å². The highest BCUT2D eigenvalue weighted by atomic mass is 16.6. The Balaban J connectivity index is 1.91. The average molecular weight is 223 g/mol. The SMILES string of the molecule is COc1ccccc1OCC1CNC(=O)O1. The Labute approximate surface area is 93.3 Å². The van der Waals surface area contributed by atoms with Gasteiger partial charge in [0, 0.05) is 0 Å². The van der Waals surface area contributed by atoms with Crippen molar-refractivity contribution in [3.05, 3.63) is 24.3 Å². The Morgan fingerprint density at radius 3 is 2.81 bits per heavy atom. The average Bonchev–Trinajstić information content (AvgIpc) is 2.73. The van der Waals surface area contributed by atoms with Gasteiger partial charge < -0.3 is 19.5 Å². The van der Waals surface area contributed by atoms with Gasteiger partial charge in [-0.1, -0.05) is 12.1 Å². The molecule has 0 aliphatic carbocycles. The van der Waals surface area contributed by atoms with Crippen LogP contribution in [0.4, 0.5) is 4.79 Å². The van der Waals surface area contributed by atoms with Crippen molar-refractivity contribution in [3.8, 4) is 11.5 Å². The third-order valence-corrected chi connectivity index (χ3v) is 2.24. The number of ether oxygens (including phenoxy) is 3. The monoisotopic (exact) mass is 223 g/mol. The summed E-state index contributed by atoms with van der Waals surface area (Å²) in [5.41, 5.74) is 0. The van der Waals surface area contributed by atoms with Gasteiger partial charge in [-0.2, -0.15) is 0 Å². The molecule has 1 aromatic carbocycles. The minimum Gasteiger partial charge on any atom is -0.493 e. The van der Waals surface area contributed by atoms with Crippen molar-refractivity contribution in [1.29, 1.82) is 0 Å². The van der Waals surface area contributed by atoms with E-state index in [1.54, 1.807) is 7.11 Å². The van der Waals surface area contributed by atoms with E-state index in [1.807, 2.05) is 24.3 Å². The summed E-state index contributed by atoms with van der Waals surface area (Å²) in [4.78, 5) is 10.8. The Morgan fingerprint density at radius 1 is 1.44 bits per heavy atom. The van der Waals surface area contributed by atoms with Gasteiger partial charge in [0.25, 0.3) is 0 Å². The molecular weight excluding hydrogens is 210 g/mol. The lowest BCUT2D eigenvalue weighted by molar-refractivity contribution is 0.103. The normalized spacial score (nSPS) is 18.8. The van der Waals surface area contributed by atoms with Gasteiger partial charge >= 0.3 is 6.09 Å². The highest BCUT2D eigenvalue weighted by Gasteiger charge is 2.23. The number of amides is 1. The molecule has 1 N–H and O–H groups in total. The molecule has 1 unspecified atom stereocenters. The van der Waals surface area contributed by atoms with Crippen molar-refractivity contribution < 1.29 is 19.0 Å². The fourth-order valence-corrected chi connectivity index (χ4v) is 1.45. The van der Waals surface area contributed by atoms with E-state index in [4.69, 9.17) is 14.2 Å². The van der Waals surface area contributed by atoms with Crippen LogP contribution in [0.2, 0.25) is 0 Å². The molecule has 0 radical (unpaired) electrons. The third-order valence-electron chi connectivity index (χ3n) is 2.24.